The normalized spacial score (nSPS) is 25.8. The fourth-order valence-corrected chi connectivity index (χ4v) is 4.44. The smallest absolute Gasteiger partial charge is 0.244 e. The minimum Gasteiger partial charge on any atom is -0.381 e. The van der Waals surface area contributed by atoms with Crippen molar-refractivity contribution in [1.29, 1.82) is 0 Å². The van der Waals surface area contributed by atoms with Gasteiger partial charge in [0.15, 0.2) is 0 Å². The van der Waals surface area contributed by atoms with Crippen LogP contribution in [0.1, 0.15) is 31.2 Å². The molecule has 0 aromatic heterocycles. The van der Waals surface area contributed by atoms with Crippen molar-refractivity contribution in [2.45, 2.75) is 44.2 Å². The molecule has 23 heavy (non-hydrogen) atoms. The maximum Gasteiger partial charge on any atom is 0.244 e. The van der Waals surface area contributed by atoms with Crippen LogP contribution in [0.4, 0.5) is 5.69 Å². The first-order chi connectivity index (χ1) is 11.2. The SMILES string of the molecule is O=C([C@@H]1CCCN1C1CCOCC1)N1CCc2ccc(Cl)cc21. The van der Waals surface area contributed by atoms with E-state index >= 15 is 0 Å². The molecule has 0 unspecified atom stereocenters. The minimum absolute atomic E-state index is 0.0306. The molecule has 124 valence electrons. The maximum atomic E-state index is 13.2. The van der Waals surface area contributed by atoms with Crippen LogP contribution >= 0.6 is 11.6 Å². The number of benzene rings is 1. The number of fused-ring (bicyclic) bond motifs is 1. The molecule has 0 spiro atoms. The van der Waals surface area contributed by atoms with Crippen molar-refractivity contribution >= 4 is 23.2 Å². The van der Waals surface area contributed by atoms with Gasteiger partial charge in [-0.1, -0.05) is 17.7 Å². The first-order valence-corrected chi connectivity index (χ1v) is 9.05. The molecule has 1 amide bonds. The van der Waals surface area contributed by atoms with Crippen molar-refractivity contribution in [2.24, 2.45) is 0 Å². The van der Waals surface area contributed by atoms with Gasteiger partial charge in [0.2, 0.25) is 5.91 Å². The molecule has 1 aromatic rings. The van der Waals surface area contributed by atoms with E-state index in [0.29, 0.717) is 11.1 Å². The highest BCUT2D eigenvalue weighted by Gasteiger charge is 2.39. The minimum atomic E-state index is 0.0306. The van der Waals surface area contributed by atoms with E-state index in [9.17, 15) is 4.79 Å². The summed E-state index contributed by atoms with van der Waals surface area (Å²) in [6.07, 6.45) is 5.12. The Hall–Kier alpha value is -1.10. The van der Waals surface area contributed by atoms with Gasteiger partial charge in [-0.25, -0.2) is 0 Å². The van der Waals surface area contributed by atoms with Crippen molar-refractivity contribution in [3.63, 3.8) is 0 Å². The zero-order valence-electron chi connectivity index (χ0n) is 13.3. The van der Waals surface area contributed by atoms with Gasteiger partial charge < -0.3 is 9.64 Å². The summed E-state index contributed by atoms with van der Waals surface area (Å²) in [5.41, 5.74) is 2.25. The molecule has 1 atom stereocenters. The predicted molar refractivity (Wildman–Crippen MR) is 91.1 cm³/mol. The van der Waals surface area contributed by atoms with E-state index < -0.39 is 0 Å². The van der Waals surface area contributed by atoms with Gasteiger partial charge in [-0.15, -0.1) is 0 Å². The fourth-order valence-electron chi connectivity index (χ4n) is 4.27. The molecule has 4 rings (SSSR count). The molecule has 0 radical (unpaired) electrons. The highest BCUT2D eigenvalue weighted by molar-refractivity contribution is 6.31. The molecule has 0 N–H and O–H groups in total. The first-order valence-electron chi connectivity index (χ1n) is 8.67. The second-order valence-corrected chi connectivity index (χ2v) is 7.19. The number of likely N-dealkylation sites (tertiary alicyclic amines) is 1. The lowest BCUT2D eigenvalue weighted by molar-refractivity contribution is -0.124. The number of carbonyl (C=O) groups excluding carboxylic acids is 1. The third-order valence-corrected chi connectivity index (χ3v) is 5.68. The second kappa shape index (κ2) is 6.42. The Morgan fingerprint density at radius 2 is 2.00 bits per heavy atom. The van der Waals surface area contributed by atoms with Crippen molar-refractivity contribution in [2.75, 3.05) is 31.2 Å². The number of nitrogens with zero attached hydrogens (tertiary/aromatic N) is 2. The number of amides is 1. The van der Waals surface area contributed by atoms with E-state index in [-0.39, 0.29) is 11.9 Å². The number of hydrogen-bond acceptors (Lipinski definition) is 3. The van der Waals surface area contributed by atoms with E-state index in [1.165, 1.54) is 5.56 Å². The lowest BCUT2D eigenvalue weighted by Gasteiger charge is -2.36. The van der Waals surface area contributed by atoms with Gasteiger partial charge in [0, 0.05) is 36.5 Å². The quantitative estimate of drug-likeness (QED) is 0.833. The predicted octanol–water partition coefficient (Wildman–Crippen LogP) is 2.87. The summed E-state index contributed by atoms with van der Waals surface area (Å²) in [5.74, 6) is 0.259. The molecule has 5 heteroatoms. The molecule has 4 nitrogen and oxygen atoms in total. The standard InChI is InChI=1S/C18H23ClN2O2/c19-14-4-3-13-5-9-21(17(13)12-14)18(22)16-2-1-8-20(16)15-6-10-23-11-7-15/h3-4,12,15-16H,1-2,5-11H2/t16-/m0/s1. The van der Waals surface area contributed by atoms with E-state index in [1.54, 1.807) is 0 Å². The van der Waals surface area contributed by atoms with Gasteiger partial charge >= 0.3 is 0 Å². The maximum absolute atomic E-state index is 13.2. The Labute approximate surface area is 142 Å². The van der Waals surface area contributed by atoms with Gasteiger partial charge in [-0.3, -0.25) is 9.69 Å². The molecule has 0 aliphatic carbocycles. The van der Waals surface area contributed by atoms with Crippen LogP contribution in [0.5, 0.6) is 0 Å². The van der Waals surface area contributed by atoms with Crippen molar-refractivity contribution in [1.82, 2.24) is 4.90 Å². The second-order valence-electron chi connectivity index (χ2n) is 6.75. The van der Waals surface area contributed by atoms with Crippen molar-refractivity contribution in [3.05, 3.63) is 28.8 Å². The Balaban J connectivity index is 1.54. The van der Waals surface area contributed by atoms with Crippen LogP contribution in [0.15, 0.2) is 18.2 Å². The number of hydrogen-bond donors (Lipinski definition) is 0. The molecule has 3 aliphatic heterocycles. The van der Waals surface area contributed by atoms with Crippen molar-refractivity contribution < 1.29 is 9.53 Å². The summed E-state index contributed by atoms with van der Waals surface area (Å²) in [4.78, 5) is 17.6. The van der Waals surface area contributed by atoms with E-state index in [2.05, 4.69) is 11.0 Å². The van der Waals surface area contributed by atoms with Crippen LogP contribution in [0.25, 0.3) is 0 Å². The lowest BCUT2D eigenvalue weighted by atomic mass is 10.1. The molecule has 0 bridgehead atoms. The number of halogens is 1. The third kappa shape index (κ3) is 2.88. The summed E-state index contributed by atoms with van der Waals surface area (Å²) >= 11 is 6.14. The molecule has 3 aliphatic rings. The van der Waals surface area contributed by atoms with E-state index in [4.69, 9.17) is 16.3 Å². The Kier molecular flexibility index (Phi) is 4.31. The average molecular weight is 335 g/mol. The zero-order valence-corrected chi connectivity index (χ0v) is 14.1. The molecule has 0 saturated carbocycles. The van der Waals surface area contributed by atoms with Gasteiger partial charge in [0.25, 0.3) is 0 Å². The van der Waals surface area contributed by atoms with Gasteiger partial charge in [-0.05, 0) is 56.3 Å². The number of ether oxygens (including phenoxy) is 1. The van der Waals surface area contributed by atoms with Gasteiger partial charge in [0.05, 0.1) is 6.04 Å². The van der Waals surface area contributed by atoms with Gasteiger partial charge in [-0.2, -0.15) is 0 Å². The average Bonchev–Trinajstić information content (AvgIpc) is 3.21. The summed E-state index contributed by atoms with van der Waals surface area (Å²) < 4.78 is 5.48. The molecular formula is C18H23ClN2O2. The number of rotatable bonds is 2. The lowest BCUT2D eigenvalue weighted by Crippen LogP contribution is -2.50. The fraction of sp³-hybridized carbons (Fsp3) is 0.611. The van der Waals surface area contributed by atoms with Gasteiger partial charge in [0.1, 0.15) is 0 Å². The van der Waals surface area contributed by atoms with Crippen LogP contribution in [0.3, 0.4) is 0 Å². The van der Waals surface area contributed by atoms with E-state index in [1.807, 2.05) is 17.0 Å². The van der Waals surface area contributed by atoms with Crippen LogP contribution in [0.2, 0.25) is 5.02 Å². The van der Waals surface area contributed by atoms with Crippen LogP contribution in [-0.2, 0) is 16.0 Å². The van der Waals surface area contributed by atoms with Crippen LogP contribution < -0.4 is 4.90 Å². The number of carbonyl (C=O) groups is 1. The largest absolute Gasteiger partial charge is 0.381 e. The van der Waals surface area contributed by atoms with Crippen LogP contribution in [0, 0.1) is 0 Å². The first kappa shape index (κ1) is 15.4. The summed E-state index contributed by atoms with van der Waals surface area (Å²) in [5, 5.41) is 0.705. The summed E-state index contributed by atoms with van der Waals surface area (Å²) in [7, 11) is 0. The van der Waals surface area contributed by atoms with E-state index in [0.717, 1.165) is 64.1 Å². The van der Waals surface area contributed by atoms with Crippen LogP contribution in [-0.4, -0.2) is 49.2 Å². The third-order valence-electron chi connectivity index (χ3n) is 5.45. The zero-order chi connectivity index (χ0) is 15.8. The summed E-state index contributed by atoms with van der Waals surface area (Å²) in [6.45, 7) is 3.47. The Morgan fingerprint density at radius 1 is 1.17 bits per heavy atom. The number of anilines is 1. The monoisotopic (exact) mass is 334 g/mol. The van der Waals surface area contributed by atoms with Crippen molar-refractivity contribution in [3.8, 4) is 0 Å². The Morgan fingerprint density at radius 3 is 2.83 bits per heavy atom. The molecule has 1 aromatic carbocycles. The summed E-state index contributed by atoms with van der Waals surface area (Å²) in [6, 6.07) is 6.44. The molecular weight excluding hydrogens is 312 g/mol. The highest BCUT2D eigenvalue weighted by Crippen LogP contribution is 2.34. The highest BCUT2D eigenvalue weighted by atomic mass is 35.5. The topological polar surface area (TPSA) is 32.8 Å². The molecule has 2 fully saturated rings. The Bertz CT molecular complexity index is 601. The molecule has 3 heterocycles. The molecule has 2 saturated heterocycles.